The van der Waals surface area contributed by atoms with Crippen molar-refractivity contribution in [1.82, 2.24) is 4.98 Å². The summed E-state index contributed by atoms with van der Waals surface area (Å²) in [5.41, 5.74) is 2.73. The van der Waals surface area contributed by atoms with Crippen LogP contribution in [0.3, 0.4) is 0 Å². The maximum atomic E-state index is 10.0. The molecule has 0 aliphatic rings. The average molecular weight is 273 g/mol. The molecule has 3 nitrogen and oxygen atoms in total. The molecule has 19 heavy (non-hydrogen) atoms. The first-order valence-corrected chi connectivity index (χ1v) is 6.81. The van der Waals surface area contributed by atoms with Crippen LogP contribution in [0.25, 0.3) is 21.8 Å². The van der Waals surface area contributed by atoms with Gasteiger partial charge in [-0.15, -0.1) is 0 Å². The highest BCUT2D eigenvalue weighted by atomic mass is 32.1. The fourth-order valence-corrected chi connectivity index (χ4v) is 2.58. The van der Waals surface area contributed by atoms with Crippen LogP contribution in [0.5, 0.6) is 0 Å². The highest BCUT2D eigenvalue weighted by Gasteiger charge is 2.17. The predicted octanol–water partition coefficient (Wildman–Crippen LogP) is 2.65. The topological polar surface area (TPSA) is 56.2 Å². The lowest BCUT2D eigenvalue weighted by Gasteiger charge is -2.16. The third kappa shape index (κ3) is 2.12. The first-order valence-electron chi connectivity index (χ1n) is 6.18. The van der Waals surface area contributed by atoms with Gasteiger partial charge in [0.05, 0.1) is 6.10 Å². The molecule has 1 heterocycles. The van der Waals surface area contributed by atoms with Gasteiger partial charge in [-0.3, -0.25) is 0 Å². The van der Waals surface area contributed by atoms with Gasteiger partial charge in [0, 0.05) is 27.6 Å². The smallest absolute Gasteiger partial charge is 0.106 e. The molecule has 0 saturated heterocycles. The van der Waals surface area contributed by atoms with E-state index in [2.05, 4.69) is 23.7 Å². The number of aliphatic hydroxyl groups is 2. The summed E-state index contributed by atoms with van der Waals surface area (Å²) in [6.45, 7) is 0. The van der Waals surface area contributed by atoms with Crippen molar-refractivity contribution < 1.29 is 10.2 Å². The number of benzene rings is 2. The van der Waals surface area contributed by atoms with Crippen LogP contribution < -0.4 is 0 Å². The molecular weight excluding hydrogens is 258 g/mol. The van der Waals surface area contributed by atoms with Gasteiger partial charge in [0.25, 0.3) is 0 Å². The van der Waals surface area contributed by atoms with Gasteiger partial charge >= 0.3 is 0 Å². The predicted molar refractivity (Wildman–Crippen MR) is 80.6 cm³/mol. The van der Waals surface area contributed by atoms with E-state index in [0.717, 1.165) is 21.8 Å². The average Bonchev–Trinajstić information content (AvgIpc) is 2.83. The molecule has 0 amide bonds. The van der Waals surface area contributed by atoms with Crippen molar-refractivity contribution in [3.05, 3.63) is 48.0 Å². The summed E-state index contributed by atoms with van der Waals surface area (Å²) in [5, 5.41) is 21.9. The van der Waals surface area contributed by atoms with Crippen LogP contribution in [-0.2, 0) is 0 Å². The fourth-order valence-electron chi connectivity index (χ4n) is 2.38. The van der Waals surface area contributed by atoms with Crippen LogP contribution >= 0.6 is 12.6 Å². The third-order valence-electron chi connectivity index (χ3n) is 3.42. The highest BCUT2D eigenvalue weighted by molar-refractivity contribution is 7.80. The van der Waals surface area contributed by atoms with Gasteiger partial charge in [0.1, 0.15) is 6.10 Å². The maximum absolute atomic E-state index is 10.0. The lowest BCUT2D eigenvalue weighted by atomic mass is 10.0. The van der Waals surface area contributed by atoms with Crippen LogP contribution in [0, 0.1) is 0 Å². The van der Waals surface area contributed by atoms with Gasteiger partial charge in [-0.2, -0.15) is 12.6 Å². The monoisotopic (exact) mass is 273 g/mol. The molecule has 98 valence electrons. The molecule has 0 bridgehead atoms. The normalized spacial score (nSPS) is 14.9. The first-order chi connectivity index (χ1) is 9.20. The number of H-pyrrole nitrogens is 1. The van der Waals surface area contributed by atoms with Gasteiger partial charge in [-0.1, -0.05) is 30.3 Å². The number of hydrogen-bond donors (Lipinski definition) is 4. The Balaban J connectivity index is 2.13. The molecule has 3 rings (SSSR count). The van der Waals surface area contributed by atoms with E-state index in [0.29, 0.717) is 5.56 Å². The van der Waals surface area contributed by atoms with Crippen LogP contribution in [0.2, 0.25) is 0 Å². The summed E-state index contributed by atoms with van der Waals surface area (Å²) >= 11 is 4.00. The van der Waals surface area contributed by atoms with Crippen molar-refractivity contribution in [2.75, 3.05) is 5.75 Å². The molecule has 0 aliphatic heterocycles. The Kier molecular flexibility index (Phi) is 3.22. The number of aliphatic hydroxyl groups excluding tert-OH is 2. The Morgan fingerprint density at radius 3 is 2.53 bits per heavy atom. The highest BCUT2D eigenvalue weighted by Crippen LogP contribution is 2.28. The lowest BCUT2D eigenvalue weighted by molar-refractivity contribution is 0.0338. The molecule has 1 aromatic heterocycles. The minimum absolute atomic E-state index is 0.228. The van der Waals surface area contributed by atoms with Crippen LogP contribution in [0.1, 0.15) is 11.7 Å². The van der Waals surface area contributed by atoms with Crippen molar-refractivity contribution in [2.45, 2.75) is 12.2 Å². The summed E-state index contributed by atoms with van der Waals surface area (Å²) < 4.78 is 0. The second-order valence-corrected chi connectivity index (χ2v) is 5.04. The molecule has 0 saturated carbocycles. The number of nitrogens with one attached hydrogen (secondary N) is 1. The number of fused-ring (bicyclic) bond motifs is 3. The second-order valence-electron chi connectivity index (χ2n) is 4.67. The number of aromatic nitrogens is 1. The number of rotatable bonds is 3. The molecule has 0 spiro atoms. The van der Waals surface area contributed by atoms with E-state index in [1.54, 1.807) is 0 Å². The maximum Gasteiger partial charge on any atom is 0.106 e. The van der Waals surface area contributed by atoms with Crippen LogP contribution in [0.15, 0.2) is 42.5 Å². The molecule has 0 aliphatic carbocycles. The first kappa shape index (κ1) is 12.5. The SMILES string of the molecule is OC(CS)C(O)c1ccc2c(c1)[nH]c1ccccc12. The van der Waals surface area contributed by atoms with Crippen molar-refractivity contribution in [3.8, 4) is 0 Å². The van der Waals surface area contributed by atoms with E-state index >= 15 is 0 Å². The summed E-state index contributed by atoms with van der Waals surface area (Å²) in [7, 11) is 0. The van der Waals surface area contributed by atoms with E-state index in [1.165, 1.54) is 0 Å². The zero-order chi connectivity index (χ0) is 13.4. The van der Waals surface area contributed by atoms with Gasteiger partial charge in [-0.05, 0) is 17.7 Å². The van der Waals surface area contributed by atoms with Gasteiger partial charge in [-0.25, -0.2) is 0 Å². The number of thiol groups is 1. The van der Waals surface area contributed by atoms with E-state index in [4.69, 9.17) is 0 Å². The Morgan fingerprint density at radius 2 is 1.74 bits per heavy atom. The molecule has 0 fully saturated rings. The molecule has 2 atom stereocenters. The summed E-state index contributed by atoms with van der Waals surface area (Å²) in [5.74, 6) is 0.228. The van der Waals surface area contributed by atoms with Crippen molar-refractivity contribution in [3.63, 3.8) is 0 Å². The number of para-hydroxylation sites is 1. The van der Waals surface area contributed by atoms with Crippen LogP contribution in [-0.4, -0.2) is 27.1 Å². The summed E-state index contributed by atoms with van der Waals surface area (Å²) in [4.78, 5) is 3.32. The standard InChI is InChI=1S/C15H15NO2S/c17-14(8-19)15(18)9-5-6-11-10-3-1-2-4-12(10)16-13(11)7-9/h1-7,14-19H,8H2. The third-order valence-corrected chi connectivity index (χ3v) is 3.80. The Hall–Kier alpha value is -1.49. The van der Waals surface area contributed by atoms with Gasteiger partial charge < -0.3 is 15.2 Å². The van der Waals surface area contributed by atoms with E-state index in [9.17, 15) is 10.2 Å². The van der Waals surface area contributed by atoms with Gasteiger partial charge in [0.2, 0.25) is 0 Å². The molecule has 4 heteroatoms. The molecule has 0 radical (unpaired) electrons. The molecular formula is C15H15NO2S. The number of aromatic amines is 1. The zero-order valence-corrected chi connectivity index (χ0v) is 11.1. The van der Waals surface area contributed by atoms with E-state index in [1.807, 2.05) is 36.4 Å². The zero-order valence-electron chi connectivity index (χ0n) is 10.2. The minimum Gasteiger partial charge on any atom is -0.389 e. The van der Waals surface area contributed by atoms with Crippen molar-refractivity contribution in [1.29, 1.82) is 0 Å². The minimum atomic E-state index is -0.909. The summed E-state index contributed by atoms with van der Waals surface area (Å²) in [6, 6.07) is 13.8. The molecule has 3 aromatic rings. The second kappa shape index (κ2) is 4.89. The quantitative estimate of drug-likeness (QED) is 0.555. The van der Waals surface area contributed by atoms with E-state index in [-0.39, 0.29) is 5.75 Å². The Bertz CT molecular complexity index is 722. The van der Waals surface area contributed by atoms with Gasteiger partial charge in [0.15, 0.2) is 0 Å². The van der Waals surface area contributed by atoms with Crippen molar-refractivity contribution >= 4 is 34.4 Å². The van der Waals surface area contributed by atoms with Crippen LogP contribution in [0.4, 0.5) is 0 Å². The molecule has 2 unspecified atom stereocenters. The number of hydrogen-bond acceptors (Lipinski definition) is 3. The van der Waals surface area contributed by atoms with E-state index < -0.39 is 12.2 Å². The Labute approximate surface area is 116 Å². The summed E-state index contributed by atoms with van der Waals surface area (Å²) in [6.07, 6.45) is -1.77. The lowest BCUT2D eigenvalue weighted by Crippen LogP contribution is -2.19. The molecule has 3 N–H and O–H groups in total. The largest absolute Gasteiger partial charge is 0.389 e. The Morgan fingerprint density at radius 1 is 1.00 bits per heavy atom. The molecule has 2 aromatic carbocycles. The fraction of sp³-hybridized carbons (Fsp3) is 0.200. The van der Waals surface area contributed by atoms with Crippen molar-refractivity contribution in [2.24, 2.45) is 0 Å².